The molecule has 0 aliphatic carbocycles. The van der Waals surface area contributed by atoms with Crippen LogP contribution in [-0.2, 0) is 6.42 Å². The third-order valence-electron chi connectivity index (χ3n) is 3.44. The molecule has 0 N–H and O–H groups in total. The van der Waals surface area contributed by atoms with Gasteiger partial charge in [-0.05, 0) is 43.2 Å². The van der Waals surface area contributed by atoms with Crippen LogP contribution in [0.3, 0.4) is 0 Å². The van der Waals surface area contributed by atoms with Gasteiger partial charge in [-0.3, -0.25) is 0 Å². The van der Waals surface area contributed by atoms with Crippen LogP contribution in [0.1, 0.15) is 25.8 Å². The largest absolute Gasteiger partial charge is 0.491 e. The van der Waals surface area contributed by atoms with E-state index in [-0.39, 0.29) is 18.1 Å². The van der Waals surface area contributed by atoms with Crippen LogP contribution in [0, 0.1) is 11.6 Å². The molecule has 0 fully saturated rings. The SMILES string of the molecule is CCCc1ccc(OCC(F)(F)Oc2ccc(OCC)c(F)c2F)cc1. The topological polar surface area (TPSA) is 27.7 Å². The lowest BCUT2D eigenvalue weighted by Gasteiger charge is -2.19. The van der Waals surface area contributed by atoms with Crippen LogP contribution >= 0.6 is 0 Å². The van der Waals surface area contributed by atoms with Gasteiger partial charge >= 0.3 is 6.11 Å². The van der Waals surface area contributed by atoms with Crippen LogP contribution in [-0.4, -0.2) is 19.3 Å². The maximum absolute atomic E-state index is 13.9. The molecule has 0 heterocycles. The molecule has 0 aliphatic rings. The second-order valence-electron chi connectivity index (χ2n) is 5.54. The average Bonchev–Trinajstić information content (AvgIpc) is 2.61. The molecule has 2 aromatic rings. The molecule has 7 heteroatoms. The van der Waals surface area contributed by atoms with Crippen molar-refractivity contribution in [2.75, 3.05) is 13.2 Å². The fraction of sp³-hybridized carbons (Fsp3) is 0.368. The Morgan fingerprint density at radius 1 is 0.846 bits per heavy atom. The first kappa shape index (κ1) is 19.9. The van der Waals surface area contributed by atoms with Crippen molar-refractivity contribution in [3.05, 3.63) is 53.6 Å². The van der Waals surface area contributed by atoms with Gasteiger partial charge in [-0.25, -0.2) is 0 Å². The van der Waals surface area contributed by atoms with E-state index in [9.17, 15) is 17.6 Å². The molecule has 0 saturated heterocycles. The standard InChI is InChI=1S/C19H20F4O3/c1-3-5-13-6-8-14(9-7-13)25-12-19(22,23)26-16-11-10-15(24-4-2)17(20)18(16)21/h6-11H,3-5,12H2,1-2H3. The lowest BCUT2D eigenvalue weighted by Crippen LogP contribution is -2.33. The van der Waals surface area contributed by atoms with Crippen LogP contribution in [0.25, 0.3) is 0 Å². The first-order valence-electron chi connectivity index (χ1n) is 8.25. The molecule has 2 rings (SSSR count). The van der Waals surface area contributed by atoms with Gasteiger partial charge in [0.15, 0.2) is 18.1 Å². The van der Waals surface area contributed by atoms with E-state index >= 15 is 0 Å². The smallest absolute Gasteiger partial charge is 0.433 e. The molecule has 2 aromatic carbocycles. The van der Waals surface area contributed by atoms with Crippen LogP contribution in [0.4, 0.5) is 17.6 Å². The Bertz CT molecular complexity index is 717. The van der Waals surface area contributed by atoms with Gasteiger partial charge in [0.2, 0.25) is 11.6 Å². The Kier molecular flexibility index (Phi) is 6.71. The third-order valence-corrected chi connectivity index (χ3v) is 3.44. The van der Waals surface area contributed by atoms with Crippen molar-refractivity contribution in [2.24, 2.45) is 0 Å². The normalized spacial score (nSPS) is 11.3. The molecular weight excluding hydrogens is 352 g/mol. The Hall–Kier alpha value is -2.44. The Morgan fingerprint density at radius 2 is 1.46 bits per heavy atom. The molecule has 0 atom stereocenters. The predicted octanol–water partition coefficient (Wildman–Crippen LogP) is 5.37. The molecule has 0 spiro atoms. The van der Waals surface area contributed by atoms with E-state index < -0.39 is 30.1 Å². The van der Waals surface area contributed by atoms with E-state index in [1.165, 1.54) is 0 Å². The molecule has 26 heavy (non-hydrogen) atoms. The fourth-order valence-electron chi connectivity index (χ4n) is 2.26. The zero-order valence-electron chi connectivity index (χ0n) is 14.5. The Morgan fingerprint density at radius 3 is 2.08 bits per heavy atom. The van der Waals surface area contributed by atoms with Crippen LogP contribution < -0.4 is 14.2 Å². The number of hydrogen-bond acceptors (Lipinski definition) is 3. The van der Waals surface area contributed by atoms with Crippen LogP contribution in [0.2, 0.25) is 0 Å². The summed E-state index contributed by atoms with van der Waals surface area (Å²) in [6.45, 7) is 2.58. The van der Waals surface area contributed by atoms with Gasteiger partial charge in [0.05, 0.1) is 6.61 Å². The highest BCUT2D eigenvalue weighted by Crippen LogP contribution is 2.31. The Balaban J connectivity index is 2.00. The summed E-state index contributed by atoms with van der Waals surface area (Å²) in [5, 5.41) is 0. The highest BCUT2D eigenvalue weighted by atomic mass is 19.3. The minimum absolute atomic E-state index is 0.109. The molecule has 142 valence electrons. The molecule has 0 amide bonds. The summed E-state index contributed by atoms with van der Waals surface area (Å²) in [5.41, 5.74) is 1.06. The van der Waals surface area contributed by atoms with E-state index in [2.05, 4.69) is 4.74 Å². The van der Waals surface area contributed by atoms with Gasteiger partial charge in [0.25, 0.3) is 0 Å². The first-order chi connectivity index (χ1) is 12.4. The highest BCUT2D eigenvalue weighted by molar-refractivity contribution is 5.35. The van der Waals surface area contributed by atoms with E-state index in [1.807, 2.05) is 6.92 Å². The number of ether oxygens (including phenoxy) is 3. The van der Waals surface area contributed by atoms with Gasteiger partial charge in [-0.15, -0.1) is 0 Å². The van der Waals surface area contributed by atoms with Crippen molar-refractivity contribution >= 4 is 0 Å². The lowest BCUT2D eigenvalue weighted by molar-refractivity contribution is -0.196. The van der Waals surface area contributed by atoms with Crippen molar-refractivity contribution in [1.82, 2.24) is 0 Å². The Labute approximate surface area is 149 Å². The minimum Gasteiger partial charge on any atom is -0.491 e. The van der Waals surface area contributed by atoms with Gasteiger partial charge in [0.1, 0.15) is 5.75 Å². The zero-order valence-corrected chi connectivity index (χ0v) is 14.5. The quantitative estimate of drug-likeness (QED) is 0.554. The molecule has 0 unspecified atom stereocenters. The maximum Gasteiger partial charge on any atom is 0.433 e. The second kappa shape index (κ2) is 8.78. The van der Waals surface area contributed by atoms with Gasteiger partial charge in [-0.2, -0.15) is 17.6 Å². The van der Waals surface area contributed by atoms with Crippen LogP contribution in [0.15, 0.2) is 36.4 Å². The highest BCUT2D eigenvalue weighted by Gasteiger charge is 2.35. The van der Waals surface area contributed by atoms with E-state index in [0.717, 1.165) is 30.5 Å². The maximum atomic E-state index is 13.9. The van der Waals surface area contributed by atoms with Gasteiger partial charge in [0, 0.05) is 0 Å². The number of benzene rings is 2. The van der Waals surface area contributed by atoms with Crippen molar-refractivity contribution in [3.8, 4) is 17.2 Å². The number of halogens is 4. The molecule has 3 nitrogen and oxygen atoms in total. The summed E-state index contributed by atoms with van der Waals surface area (Å²) < 4.78 is 69.5. The third kappa shape index (κ3) is 5.28. The fourth-order valence-corrected chi connectivity index (χ4v) is 2.26. The van der Waals surface area contributed by atoms with Crippen molar-refractivity contribution in [1.29, 1.82) is 0 Å². The number of alkyl halides is 2. The summed E-state index contributed by atoms with van der Waals surface area (Å²) in [6, 6.07) is 8.60. The van der Waals surface area contributed by atoms with Crippen molar-refractivity contribution < 1.29 is 31.8 Å². The number of rotatable bonds is 9. The van der Waals surface area contributed by atoms with Crippen LogP contribution in [0.5, 0.6) is 17.2 Å². The monoisotopic (exact) mass is 372 g/mol. The van der Waals surface area contributed by atoms with Gasteiger partial charge in [-0.1, -0.05) is 25.5 Å². The zero-order chi connectivity index (χ0) is 19.2. The summed E-state index contributed by atoms with van der Waals surface area (Å²) >= 11 is 0. The number of aryl methyl sites for hydroxylation is 1. The van der Waals surface area contributed by atoms with Crippen molar-refractivity contribution in [2.45, 2.75) is 32.8 Å². The number of hydrogen-bond donors (Lipinski definition) is 0. The van der Waals surface area contributed by atoms with Gasteiger partial charge < -0.3 is 14.2 Å². The molecule has 0 bridgehead atoms. The van der Waals surface area contributed by atoms with E-state index in [0.29, 0.717) is 0 Å². The molecule has 0 saturated carbocycles. The summed E-state index contributed by atoms with van der Waals surface area (Å²) in [6.07, 6.45) is -2.00. The minimum atomic E-state index is -3.84. The molecule has 0 radical (unpaired) electrons. The molecule has 0 aliphatic heterocycles. The lowest BCUT2D eigenvalue weighted by atomic mass is 10.1. The summed E-state index contributed by atoms with van der Waals surface area (Å²) in [7, 11) is 0. The average molecular weight is 372 g/mol. The second-order valence-corrected chi connectivity index (χ2v) is 5.54. The summed E-state index contributed by atoms with van der Waals surface area (Å²) in [4.78, 5) is 0. The van der Waals surface area contributed by atoms with E-state index in [1.54, 1.807) is 31.2 Å². The summed E-state index contributed by atoms with van der Waals surface area (Å²) in [5.74, 6) is -3.99. The van der Waals surface area contributed by atoms with Crippen molar-refractivity contribution in [3.63, 3.8) is 0 Å². The molecule has 0 aromatic heterocycles. The molecular formula is C19H20F4O3. The predicted molar refractivity (Wildman–Crippen MR) is 89.0 cm³/mol. The van der Waals surface area contributed by atoms with E-state index in [4.69, 9.17) is 9.47 Å². The first-order valence-corrected chi connectivity index (χ1v) is 8.25.